The average molecular weight is 583 g/mol. The molecule has 4 amide bonds. The van der Waals surface area contributed by atoms with Gasteiger partial charge >= 0.3 is 0 Å². The maximum absolute atomic E-state index is 14.2. The third kappa shape index (κ3) is 7.92. The first-order valence-electron chi connectivity index (χ1n) is 14.5. The molecule has 0 saturated heterocycles. The summed E-state index contributed by atoms with van der Waals surface area (Å²) in [6, 6.07) is 7.98. The molecule has 1 aliphatic carbocycles. The number of nitrogens with one attached hydrogen (secondary N) is 1. The summed E-state index contributed by atoms with van der Waals surface area (Å²) in [6.07, 6.45) is 3.06. The number of halogens is 2. The topological polar surface area (TPSA) is 113 Å². The molecule has 8 nitrogen and oxygen atoms in total. The number of hydrogen-bond donors (Lipinski definition) is 2. The first-order chi connectivity index (χ1) is 19.7. The maximum atomic E-state index is 14.2. The van der Waals surface area contributed by atoms with Crippen molar-refractivity contribution in [1.29, 1.82) is 0 Å². The van der Waals surface area contributed by atoms with E-state index >= 15 is 0 Å². The molecule has 226 valence electrons. The van der Waals surface area contributed by atoms with Gasteiger partial charge in [-0.3, -0.25) is 19.2 Å². The number of rotatable bonds is 11. The van der Waals surface area contributed by atoms with Crippen LogP contribution in [0.1, 0.15) is 87.3 Å². The molecule has 0 spiro atoms. The fourth-order valence-corrected chi connectivity index (χ4v) is 5.90. The van der Waals surface area contributed by atoms with Gasteiger partial charge in [0.2, 0.25) is 17.7 Å². The lowest BCUT2D eigenvalue weighted by Crippen LogP contribution is -2.44. The van der Waals surface area contributed by atoms with Crippen LogP contribution in [0.25, 0.3) is 0 Å². The van der Waals surface area contributed by atoms with Crippen LogP contribution in [0.5, 0.6) is 0 Å². The zero-order chi connectivity index (χ0) is 30.8. The van der Waals surface area contributed by atoms with Gasteiger partial charge in [-0.25, -0.2) is 8.78 Å². The van der Waals surface area contributed by atoms with E-state index in [0.717, 1.165) is 31.4 Å². The molecule has 2 unspecified atom stereocenters. The minimum atomic E-state index is -1.03. The molecule has 0 bridgehead atoms. The van der Waals surface area contributed by atoms with Gasteiger partial charge in [-0.15, -0.1) is 0 Å². The lowest BCUT2D eigenvalue weighted by molar-refractivity contribution is -0.136. The van der Waals surface area contributed by atoms with Gasteiger partial charge in [0.15, 0.2) is 11.6 Å². The van der Waals surface area contributed by atoms with E-state index < -0.39 is 23.6 Å². The number of benzene rings is 2. The van der Waals surface area contributed by atoms with E-state index in [2.05, 4.69) is 26.1 Å². The van der Waals surface area contributed by atoms with Crippen LogP contribution in [-0.2, 0) is 20.8 Å². The molecule has 2 atom stereocenters. The Morgan fingerprint density at radius 2 is 1.81 bits per heavy atom. The van der Waals surface area contributed by atoms with E-state index in [1.165, 1.54) is 15.9 Å². The molecule has 1 fully saturated rings. The van der Waals surface area contributed by atoms with E-state index in [9.17, 15) is 28.0 Å². The lowest BCUT2D eigenvalue weighted by Gasteiger charge is -2.37. The molecule has 2 aromatic carbocycles. The number of hydrogen-bond acceptors (Lipinski definition) is 4. The highest BCUT2D eigenvalue weighted by Gasteiger charge is 2.37. The zero-order valence-corrected chi connectivity index (χ0v) is 24.7. The Hall–Kier alpha value is -3.82. The molecular weight excluding hydrogens is 542 g/mol. The van der Waals surface area contributed by atoms with Crippen LogP contribution >= 0.6 is 0 Å². The van der Waals surface area contributed by atoms with Crippen molar-refractivity contribution in [2.75, 3.05) is 18.4 Å². The lowest BCUT2D eigenvalue weighted by atomic mass is 9.84. The SMILES string of the molecule is CC(CC(=O)Nc1ccc2c(c1)C(=O)N(CCC(=O)N(CC(N)=O)C1CC1)C(c1ccc(F)c(F)c1)C2)CC(C)(C)C. The second-order valence-corrected chi connectivity index (χ2v) is 12.9. The molecule has 0 aromatic heterocycles. The van der Waals surface area contributed by atoms with Crippen LogP contribution in [0.2, 0.25) is 0 Å². The van der Waals surface area contributed by atoms with Crippen LogP contribution in [0.4, 0.5) is 14.5 Å². The van der Waals surface area contributed by atoms with E-state index in [4.69, 9.17) is 5.73 Å². The fraction of sp³-hybridized carbons (Fsp3) is 0.500. The number of primary amides is 1. The van der Waals surface area contributed by atoms with Crippen LogP contribution < -0.4 is 11.1 Å². The number of fused-ring (bicyclic) bond motifs is 1. The number of nitrogens with two attached hydrogens (primary N) is 1. The first-order valence-corrected chi connectivity index (χ1v) is 14.5. The second-order valence-electron chi connectivity index (χ2n) is 12.9. The van der Waals surface area contributed by atoms with E-state index in [1.54, 1.807) is 18.2 Å². The Morgan fingerprint density at radius 3 is 2.43 bits per heavy atom. The molecule has 4 rings (SSSR count). The maximum Gasteiger partial charge on any atom is 0.254 e. The van der Waals surface area contributed by atoms with Crippen molar-refractivity contribution in [2.24, 2.45) is 17.1 Å². The molecule has 10 heteroatoms. The monoisotopic (exact) mass is 582 g/mol. The first kappa shape index (κ1) is 31.1. The van der Waals surface area contributed by atoms with Gasteiger partial charge < -0.3 is 20.9 Å². The third-order valence-corrected chi connectivity index (χ3v) is 7.70. The molecule has 2 aromatic rings. The second kappa shape index (κ2) is 12.6. The summed E-state index contributed by atoms with van der Waals surface area (Å²) in [5, 5.41) is 2.90. The molecule has 2 aliphatic rings. The van der Waals surface area contributed by atoms with Crippen molar-refractivity contribution >= 4 is 29.3 Å². The minimum Gasteiger partial charge on any atom is -0.368 e. The summed E-state index contributed by atoms with van der Waals surface area (Å²) in [5.41, 5.74) is 7.40. The van der Waals surface area contributed by atoms with Crippen molar-refractivity contribution < 1.29 is 28.0 Å². The number of amides is 4. The number of carbonyl (C=O) groups is 4. The van der Waals surface area contributed by atoms with Crippen LogP contribution in [0.3, 0.4) is 0 Å². The highest BCUT2D eigenvalue weighted by Crippen LogP contribution is 2.36. The summed E-state index contributed by atoms with van der Waals surface area (Å²) in [4.78, 5) is 54.2. The minimum absolute atomic E-state index is 0.00363. The van der Waals surface area contributed by atoms with Crippen molar-refractivity contribution in [3.63, 3.8) is 0 Å². The molecular formula is C32H40F2N4O4. The van der Waals surface area contributed by atoms with Gasteiger partial charge in [-0.2, -0.15) is 0 Å². The number of anilines is 1. The summed E-state index contributed by atoms with van der Waals surface area (Å²) in [6.45, 7) is 8.24. The van der Waals surface area contributed by atoms with Crippen LogP contribution in [0, 0.1) is 23.0 Å². The average Bonchev–Trinajstić information content (AvgIpc) is 3.72. The van der Waals surface area contributed by atoms with Crippen molar-refractivity contribution in [1.82, 2.24) is 9.80 Å². The molecule has 0 radical (unpaired) electrons. The fourth-order valence-electron chi connectivity index (χ4n) is 5.90. The Kier molecular flexibility index (Phi) is 9.33. The van der Waals surface area contributed by atoms with Crippen LogP contribution in [-0.4, -0.2) is 52.6 Å². The van der Waals surface area contributed by atoms with Crippen molar-refractivity contribution in [2.45, 2.75) is 78.3 Å². The Bertz CT molecular complexity index is 1370. The molecule has 1 heterocycles. The number of nitrogens with zero attached hydrogens (tertiary/aromatic N) is 2. The van der Waals surface area contributed by atoms with Crippen molar-refractivity contribution in [3.05, 3.63) is 64.7 Å². The molecule has 1 aliphatic heterocycles. The molecule has 42 heavy (non-hydrogen) atoms. The van der Waals surface area contributed by atoms with E-state index in [1.807, 2.05) is 6.92 Å². The van der Waals surface area contributed by atoms with E-state index in [0.29, 0.717) is 35.2 Å². The molecule has 1 saturated carbocycles. The van der Waals surface area contributed by atoms with Gasteiger partial charge in [0.05, 0.1) is 12.6 Å². The summed E-state index contributed by atoms with van der Waals surface area (Å²) < 4.78 is 28.0. The van der Waals surface area contributed by atoms with Gasteiger partial charge in [-0.05, 0) is 72.4 Å². The normalized spacial score (nSPS) is 17.4. The Labute approximate surface area is 245 Å². The predicted octanol–water partition coefficient (Wildman–Crippen LogP) is 4.97. The van der Waals surface area contributed by atoms with Gasteiger partial charge in [0.25, 0.3) is 5.91 Å². The van der Waals surface area contributed by atoms with Crippen LogP contribution in [0.15, 0.2) is 36.4 Å². The van der Waals surface area contributed by atoms with E-state index in [-0.39, 0.29) is 54.6 Å². The predicted molar refractivity (Wildman–Crippen MR) is 155 cm³/mol. The van der Waals surface area contributed by atoms with Crippen molar-refractivity contribution in [3.8, 4) is 0 Å². The summed E-state index contributed by atoms with van der Waals surface area (Å²) in [7, 11) is 0. The number of carbonyl (C=O) groups excluding carboxylic acids is 4. The molecule has 3 N–H and O–H groups in total. The quantitative estimate of drug-likeness (QED) is 0.390. The largest absolute Gasteiger partial charge is 0.368 e. The van der Waals surface area contributed by atoms with Gasteiger partial charge in [-0.1, -0.05) is 39.8 Å². The van der Waals surface area contributed by atoms with Gasteiger partial charge in [0, 0.05) is 36.7 Å². The smallest absolute Gasteiger partial charge is 0.254 e. The van der Waals surface area contributed by atoms with Gasteiger partial charge in [0.1, 0.15) is 0 Å². The summed E-state index contributed by atoms with van der Waals surface area (Å²) in [5.74, 6) is -3.28. The third-order valence-electron chi connectivity index (χ3n) is 7.70. The Morgan fingerprint density at radius 1 is 1.10 bits per heavy atom. The standard InChI is InChI=1S/C32H40F2N4O4/c1-19(17-32(2,3)4)13-29(40)36-22-7-5-20-15-27(21-6-10-25(33)26(34)14-21)37(31(42)24(20)16-22)12-11-30(41)38(18-28(35)39)23-8-9-23/h5-7,10,14,16,19,23,27H,8-9,11-13,15,17-18H2,1-4H3,(H2,35,39)(H,36,40). The summed E-state index contributed by atoms with van der Waals surface area (Å²) >= 11 is 0. The Balaban J connectivity index is 1.56. The highest BCUT2D eigenvalue weighted by atomic mass is 19.2. The zero-order valence-electron chi connectivity index (χ0n) is 24.7. The highest BCUT2D eigenvalue weighted by molar-refractivity contribution is 6.00.